The SMILES string of the molecule is Cl.Fc1cc(Br)c2[nH]c3c(c2c1)CCCCCC3.NNc1ccc(F)cc1Br. The molecule has 4 N–H and O–H groups in total. The third-order valence-electron chi connectivity index (χ3n) is 4.71. The number of anilines is 1. The zero-order valence-electron chi connectivity index (χ0n) is 15.1. The normalized spacial score (nSPS) is 13.5. The molecule has 28 heavy (non-hydrogen) atoms. The third-order valence-corrected chi connectivity index (χ3v) is 5.99. The predicted molar refractivity (Wildman–Crippen MR) is 121 cm³/mol. The lowest BCUT2D eigenvalue weighted by atomic mass is 9.97. The van der Waals surface area contributed by atoms with Gasteiger partial charge in [0.25, 0.3) is 0 Å². The number of halogens is 5. The van der Waals surface area contributed by atoms with Crippen LogP contribution in [0.2, 0.25) is 0 Å². The maximum absolute atomic E-state index is 13.5. The third kappa shape index (κ3) is 5.47. The van der Waals surface area contributed by atoms with Crippen LogP contribution < -0.4 is 11.3 Å². The van der Waals surface area contributed by atoms with Crippen LogP contribution in [0.1, 0.15) is 36.9 Å². The lowest BCUT2D eigenvalue weighted by molar-refractivity contribution is 0.614. The van der Waals surface area contributed by atoms with Gasteiger partial charge in [-0.05, 0) is 93.4 Å². The Morgan fingerprint density at radius 3 is 2.25 bits per heavy atom. The van der Waals surface area contributed by atoms with Crippen LogP contribution in [-0.2, 0) is 12.8 Å². The molecule has 0 amide bonds. The summed E-state index contributed by atoms with van der Waals surface area (Å²) in [6.07, 6.45) is 7.23. The van der Waals surface area contributed by atoms with Crippen molar-refractivity contribution in [3.8, 4) is 0 Å². The number of rotatable bonds is 1. The zero-order valence-corrected chi connectivity index (χ0v) is 19.1. The smallest absolute Gasteiger partial charge is 0.125 e. The Balaban J connectivity index is 0.000000221. The molecular formula is C20H22Br2ClF2N3. The van der Waals surface area contributed by atoms with E-state index in [4.69, 9.17) is 5.84 Å². The first-order valence-corrected chi connectivity index (χ1v) is 10.5. The van der Waals surface area contributed by atoms with Crippen LogP contribution in [0.5, 0.6) is 0 Å². The van der Waals surface area contributed by atoms with E-state index in [-0.39, 0.29) is 24.0 Å². The lowest BCUT2D eigenvalue weighted by Gasteiger charge is -2.09. The maximum atomic E-state index is 13.5. The summed E-state index contributed by atoms with van der Waals surface area (Å²) in [5.41, 5.74) is 6.78. The molecule has 3 aromatic rings. The molecule has 0 unspecified atom stereocenters. The molecule has 0 saturated heterocycles. The number of nitrogens with one attached hydrogen (secondary N) is 2. The van der Waals surface area contributed by atoms with Crippen LogP contribution in [0.4, 0.5) is 14.5 Å². The first kappa shape index (κ1) is 23.1. The molecule has 0 fully saturated rings. The number of hydrogen-bond acceptors (Lipinski definition) is 2. The predicted octanol–water partition coefficient (Wildman–Crippen LogP) is 7.02. The number of nitrogens with two attached hydrogens (primary N) is 1. The van der Waals surface area contributed by atoms with Crippen molar-refractivity contribution < 1.29 is 8.78 Å². The Labute approximate surface area is 186 Å². The summed E-state index contributed by atoms with van der Waals surface area (Å²) < 4.78 is 27.3. The summed E-state index contributed by atoms with van der Waals surface area (Å²) in [5, 5.41) is 1.06. The van der Waals surface area contributed by atoms with Gasteiger partial charge in [-0.3, -0.25) is 5.84 Å². The summed E-state index contributed by atoms with van der Waals surface area (Å²) in [5.74, 6) is 4.65. The van der Waals surface area contributed by atoms with Crippen molar-refractivity contribution in [3.63, 3.8) is 0 Å². The molecule has 1 aliphatic carbocycles. The molecule has 0 aliphatic heterocycles. The second-order valence-electron chi connectivity index (χ2n) is 6.57. The van der Waals surface area contributed by atoms with Gasteiger partial charge in [0, 0.05) is 20.0 Å². The second-order valence-corrected chi connectivity index (χ2v) is 8.28. The molecule has 2 aromatic carbocycles. The molecule has 1 heterocycles. The van der Waals surface area contributed by atoms with Gasteiger partial charge in [0.1, 0.15) is 11.6 Å². The molecule has 8 heteroatoms. The minimum Gasteiger partial charge on any atom is -0.357 e. The van der Waals surface area contributed by atoms with Gasteiger partial charge >= 0.3 is 0 Å². The lowest BCUT2D eigenvalue weighted by Crippen LogP contribution is -2.07. The fourth-order valence-electron chi connectivity index (χ4n) is 3.39. The minimum atomic E-state index is -0.286. The van der Waals surface area contributed by atoms with Gasteiger partial charge < -0.3 is 10.4 Å². The highest BCUT2D eigenvalue weighted by Crippen LogP contribution is 2.32. The topological polar surface area (TPSA) is 53.8 Å². The van der Waals surface area contributed by atoms with Crippen LogP contribution in [0.3, 0.4) is 0 Å². The Hall–Kier alpha value is -1.15. The number of hydrogen-bond donors (Lipinski definition) is 3. The van der Waals surface area contributed by atoms with Crippen LogP contribution in [0, 0.1) is 11.6 Å². The van der Waals surface area contributed by atoms with Gasteiger partial charge in [0.15, 0.2) is 0 Å². The molecule has 0 bridgehead atoms. The number of hydrazine groups is 1. The highest BCUT2D eigenvalue weighted by atomic mass is 79.9. The number of aromatic amines is 1. The number of H-pyrrole nitrogens is 1. The van der Waals surface area contributed by atoms with Crippen molar-refractivity contribution in [1.29, 1.82) is 0 Å². The Morgan fingerprint density at radius 2 is 1.57 bits per heavy atom. The van der Waals surface area contributed by atoms with E-state index >= 15 is 0 Å². The van der Waals surface area contributed by atoms with E-state index in [1.165, 1.54) is 55.1 Å². The average molecular weight is 538 g/mol. The van der Waals surface area contributed by atoms with Crippen molar-refractivity contribution in [2.45, 2.75) is 38.5 Å². The standard InChI is InChI=1S/C14H15BrFN.C6H6BrFN2.ClH/c15-12-8-9(16)7-11-10-5-3-1-2-4-6-13(10)17-14(11)12;7-5-3-4(8)1-2-6(5)10-9;/h7-8,17H,1-6H2;1-3,10H,9H2;1H. The average Bonchev–Trinajstić information content (AvgIpc) is 2.92. The van der Waals surface area contributed by atoms with Gasteiger partial charge in [-0.2, -0.15) is 0 Å². The molecule has 1 aromatic heterocycles. The maximum Gasteiger partial charge on any atom is 0.125 e. The van der Waals surface area contributed by atoms with Crippen molar-refractivity contribution in [2.75, 3.05) is 5.43 Å². The number of aryl methyl sites for hydroxylation is 2. The molecule has 0 spiro atoms. The Kier molecular flexibility index (Phi) is 8.74. The first-order chi connectivity index (χ1) is 13.0. The van der Waals surface area contributed by atoms with Gasteiger partial charge in [0.05, 0.1) is 11.2 Å². The van der Waals surface area contributed by atoms with Gasteiger partial charge in [-0.25, -0.2) is 8.78 Å². The van der Waals surface area contributed by atoms with E-state index in [1.807, 2.05) is 0 Å². The van der Waals surface area contributed by atoms with Crippen molar-refractivity contribution >= 4 is 60.9 Å². The summed E-state index contributed by atoms with van der Waals surface area (Å²) in [6, 6.07) is 7.43. The Bertz CT molecular complexity index is 947. The first-order valence-electron chi connectivity index (χ1n) is 8.89. The molecule has 4 rings (SSSR count). The highest BCUT2D eigenvalue weighted by molar-refractivity contribution is 9.11. The largest absolute Gasteiger partial charge is 0.357 e. The molecule has 152 valence electrons. The van der Waals surface area contributed by atoms with E-state index in [1.54, 1.807) is 12.1 Å². The molecule has 0 atom stereocenters. The molecule has 3 nitrogen and oxygen atoms in total. The van der Waals surface area contributed by atoms with Crippen LogP contribution in [-0.4, -0.2) is 4.98 Å². The molecular weight excluding hydrogens is 515 g/mol. The second kappa shape index (κ2) is 10.6. The van der Waals surface area contributed by atoms with Crippen LogP contribution >= 0.6 is 44.3 Å². The summed E-state index contributed by atoms with van der Waals surface area (Å²) in [4.78, 5) is 3.47. The van der Waals surface area contributed by atoms with Crippen molar-refractivity contribution in [3.05, 3.63) is 62.2 Å². The quantitative estimate of drug-likeness (QED) is 0.231. The number of benzene rings is 2. The van der Waals surface area contributed by atoms with Crippen LogP contribution in [0.15, 0.2) is 39.3 Å². The van der Waals surface area contributed by atoms with Gasteiger partial charge in [-0.1, -0.05) is 12.8 Å². The minimum absolute atomic E-state index is 0. The zero-order chi connectivity index (χ0) is 19.4. The van der Waals surface area contributed by atoms with E-state index < -0.39 is 0 Å². The fraction of sp³-hybridized carbons (Fsp3) is 0.300. The Morgan fingerprint density at radius 1 is 0.893 bits per heavy atom. The van der Waals surface area contributed by atoms with E-state index in [9.17, 15) is 8.78 Å². The molecule has 1 aliphatic rings. The highest BCUT2D eigenvalue weighted by Gasteiger charge is 2.15. The number of nitrogen functional groups attached to an aromatic ring is 1. The summed E-state index contributed by atoms with van der Waals surface area (Å²) in [7, 11) is 0. The van der Waals surface area contributed by atoms with Crippen molar-refractivity contribution in [1.82, 2.24) is 4.98 Å². The monoisotopic (exact) mass is 535 g/mol. The molecule has 0 saturated carbocycles. The number of fused-ring (bicyclic) bond motifs is 3. The summed E-state index contributed by atoms with van der Waals surface area (Å²) >= 11 is 6.57. The van der Waals surface area contributed by atoms with Crippen LogP contribution in [0.25, 0.3) is 10.9 Å². The van der Waals surface area contributed by atoms with Gasteiger partial charge in [-0.15, -0.1) is 12.4 Å². The van der Waals surface area contributed by atoms with Crippen molar-refractivity contribution in [2.24, 2.45) is 5.84 Å². The summed E-state index contributed by atoms with van der Waals surface area (Å²) in [6.45, 7) is 0. The van der Waals surface area contributed by atoms with E-state index in [0.29, 0.717) is 10.2 Å². The van der Waals surface area contributed by atoms with Gasteiger partial charge in [0.2, 0.25) is 0 Å². The number of aromatic nitrogens is 1. The van der Waals surface area contributed by atoms with E-state index in [0.717, 1.165) is 28.2 Å². The van der Waals surface area contributed by atoms with E-state index in [2.05, 4.69) is 42.3 Å². The fourth-order valence-corrected chi connectivity index (χ4v) is 4.39. The molecule has 0 radical (unpaired) electrons.